The second-order valence-electron chi connectivity index (χ2n) is 5.97. The quantitative estimate of drug-likeness (QED) is 0.470. The van der Waals surface area contributed by atoms with Crippen molar-refractivity contribution in [2.45, 2.75) is 18.3 Å². The highest BCUT2D eigenvalue weighted by atomic mass is 32.2. The van der Waals surface area contributed by atoms with Crippen LogP contribution in [0.3, 0.4) is 0 Å². The number of carbonyl (C=O) groups excluding carboxylic acids is 1. The summed E-state index contributed by atoms with van der Waals surface area (Å²) in [5.74, 6) is 0.476. The van der Waals surface area contributed by atoms with Crippen LogP contribution in [0, 0.1) is 0 Å². The number of alkyl halides is 2. The molecule has 0 aliphatic heterocycles. The first kappa shape index (κ1) is 22.3. The van der Waals surface area contributed by atoms with Crippen LogP contribution in [0.1, 0.15) is 5.56 Å². The van der Waals surface area contributed by atoms with Gasteiger partial charge in [0.2, 0.25) is 11.1 Å². The van der Waals surface area contributed by atoms with Crippen molar-refractivity contribution in [2.24, 2.45) is 0 Å². The van der Waals surface area contributed by atoms with Gasteiger partial charge in [0.05, 0.1) is 20.0 Å². The Morgan fingerprint density at radius 3 is 2.65 bits per heavy atom. The van der Waals surface area contributed by atoms with Crippen molar-refractivity contribution in [1.29, 1.82) is 0 Å². The molecule has 9 nitrogen and oxygen atoms in total. The van der Waals surface area contributed by atoms with Gasteiger partial charge in [0.1, 0.15) is 11.4 Å². The molecule has 0 bridgehead atoms. The van der Waals surface area contributed by atoms with Crippen molar-refractivity contribution in [1.82, 2.24) is 25.5 Å². The van der Waals surface area contributed by atoms with Crippen molar-refractivity contribution < 1.29 is 27.8 Å². The lowest BCUT2D eigenvalue weighted by molar-refractivity contribution is -0.118. The van der Waals surface area contributed by atoms with E-state index in [0.717, 1.165) is 11.8 Å². The van der Waals surface area contributed by atoms with Crippen LogP contribution in [0.5, 0.6) is 17.2 Å². The zero-order valence-corrected chi connectivity index (χ0v) is 17.4. The molecule has 3 aromatic rings. The molecular weight excluding hydrogens is 432 g/mol. The summed E-state index contributed by atoms with van der Waals surface area (Å²) in [6.07, 6.45) is 0. The average molecular weight is 451 g/mol. The fourth-order valence-electron chi connectivity index (χ4n) is 2.62. The van der Waals surface area contributed by atoms with Gasteiger partial charge in [0.15, 0.2) is 11.5 Å². The second kappa shape index (κ2) is 10.6. The fourth-order valence-corrected chi connectivity index (χ4v) is 3.34. The number of halogens is 2. The number of tetrazole rings is 1. The number of para-hydroxylation sites is 2. The van der Waals surface area contributed by atoms with Crippen LogP contribution < -0.4 is 19.5 Å². The Morgan fingerprint density at radius 2 is 1.90 bits per heavy atom. The van der Waals surface area contributed by atoms with E-state index in [0.29, 0.717) is 22.2 Å². The number of benzene rings is 2. The summed E-state index contributed by atoms with van der Waals surface area (Å²) >= 11 is 1.16. The third-order valence-electron chi connectivity index (χ3n) is 4.02. The lowest BCUT2D eigenvalue weighted by atomic mass is 10.2. The zero-order chi connectivity index (χ0) is 22.2. The van der Waals surface area contributed by atoms with Crippen molar-refractivity contribution in [3.63, 3.8) is 0 Å². The number of rotatable bonds is 10. The molecule has 1 amide bonds. The lowest BCUT2D eigenvalue weighted by Gasteiger charge is -2.12. The highest BCUT2D eigenvalue weighted by molar-refractivity contribution is 7.99. The number of amides is 1. The third kappa shape index (κ3) is 5.81. The number of hydrogen-bond acceptors (Lipinski definition) is 8. The lowest BCUT2D eigenvalue weighted by Crippen LogP contribution is -2.24. The van der Waals surface area contributed by atoms with Gasteiger partial charge in [-0.05, 0) is 40.3 Å². The minimum Gasteiger partial charge on any atom is -0.494 e. The molecule has 1 heterocycles. The Morgan fingerprint density at radius 1 is 1.13 bits per heavy atom. The number of carbonyl (C=O) groups is 1. The molecule has 0 radical (unpaired) electrons. The summed E-state index contributed by atoms with van der Waals surface area (Å²) in [7, 11) is 2.89. The summed E-state index contributed by atoms with van der Waals surface area (Å²) in [4.78, 5) is 12.3. The summed E-state index contributed by atoms with van der Waals surface area (Å²) in [5.41, 5.74) is 1.31. The molecule has 0 aliphatic carbocycles. The number of ether oxygens (including phenoxy) is 3. The van der Waals surface area contributed by atoms with E-state index in [2.05, 4.69) is 25.6 Å². The topological polar surface area (TPSA) is 100 Å². The Labute approximate surface area is 180 Å². The number of nitrogens with one attached hydrogen (secondary N) is 1. The Hall–Kier alpha value is -3.41. The molecule has 0 saturated heterocycles. The average Bonchev–Trinajstić information content (AvgIpc) is 3.25. The van der Waals surface area contributed by atoms with Gasteiger partial charge < -0.3 is 19.5 Å². The first-order valence-electron chi connectivity index (χ1n) is 8.94. The molecule has 1 N–H and O–H groups in total. The molecule has 31 heavy (non-hydrogen) atoms. The normalized spacial score (nSPS) is 10.7. The highest BCUT2D eigenvalue weighted by Crippen LogP contribution is 2.29. The number of hydrogen-bond donors (Lipinski definition) is 1. The molecule has 0 unspecified atom stereocenters. The molecular formula is C19H19F2N5O4S. The van der Waals surface area contributed by atoms with Crippen molar-refractivity contribution in [2.75, 3.05) is 20.0 Å². The van der Waals surface area contributed by atoms with Crippen molar-refractivity contribution in [3.8, 4) is 22.9 Å². The summed E-state index contributed by atoms with van der Waals surface area (Å²) in [6.45, 7) is -2.77. The van der Waals surface area contributed by atoms with Gasteiger partial charge in [-0.3, -0.25) is 4.79 Å². The van der Waals surface area contributed by atoms with Crippen molar-refractivity contribution in [3.05, 3.63) is 48.0 Å². The van der Waals surface area contributed by atoms with E-state index >= 15 is 0 Å². The van der Waals surface area contributed by atoms with E-state index in [4.69, 9.17) is 9.47 Å². The van der Waals surface area contributed by atoms with Gasteiger partial charge in [-0.25, -0.2) is 0 Å². The molecule has 12 heteroatoms. The van der Waals surface area contributed by atoms with Gasteiger partial charge in [-0.2, -0.15) is 13.5 Å². The second-order valence-corrected chi connectivity index (χ2v) is 6.92. The molecule has 1 aromatic heterocycles. The van der Waals surface area contributed by atoms with Crippen LogP contribution in [0.2, 0.25) is 0 Å². The molecule has 0 aliphatic rings. The van der Waals surface area contributed by atoms with E-state index in [1.165, 1.54) is 23.9 Å². The van der Waals surface area contributed by atoms with Gasteiger partial charge in [0, 0.05) is 6.54 Å². The minimum absolute atomic E-state index is 0.0687. The standard InChI is InChI=1S/C19H19F2N5O4S/c1-28-14-6-4-3-5-13(14)26-19(23-24-25-26)31-11-17(27)22-10-12-7-8-15(30-18(20)21)16(9-12)29-2/h3-9,18H,10-11H2,1-2H3,(H,22,27). The Kier molecular flexibility index (Phi) is 7.60. The van der Waals surface area contributed by atoms with E-state index in [1.807, 2.05) is 12.1 Å². The predicted octanol–water partition coefficient (Wildman–Crippen LogP) is 2.69. The molecule has 0 saturated carbocycles. The predicted molar refractivity (Wildman–Crippen MR) is 108 cm³/mol. The van der Waals surface area contributed by atoms with Crippen LogP contribution in [0.4, 0.5) is 8.78 Å². The third-order valence-corrected chi connectivity index (χ3v) is 4.94. The molecule has 2 aromatic carbocycles. The molecule has 0 fully saturated rings. The van der Waals surface area contributed by atoms with Crippen LogP contribution in [0.15, 0.2) is 47.6 Å². The number of thioether (sulfide) groups is 1. The zero-order valence-electron chi connectivity index (χ0n) is 16.6. The first-order valence-corrected chi connectivity index (χ1v) is 9.93. The van der Waals surface area contributed by atoms with Gasteiger partial charge in [-0.15, -0.1) is 5.10 Å². The molecule has 0 atom stereocenters. The van der Waals surface area contributed by atoms with Gasteiger partial charge in [-0.1, -0.05) is 30.0 Å². The SMILES string of the molecule is COc1cc(CNC(=O)CSc2nnnn2-c2ccccc2OC)ccc1OC(F)F. The fraction of sp³-hybridized carbons (Fsp3) is 0.263. The summed E-state index contributed by atoms with van der Waals surface area (Å²) in [6, 6.07) is 11.7. The van der Waals surface area contributed by atoms with E-state index < -0.39 is 6.61 Å². The number of methoxy groups -OCH3 is 2. The Bertz CT molecular complexity index is 1030. The summed E-state index contributed by atoms with van der Waals surface area (Å²) in [5, 5.41) is 14.8. The largest absolute Gasteiger partial charge is 0.494 e. The molecule has 3 rings (SSSR count). The first-order chi connectivity index (χ1) is 15.0. The van der Waals surface area contributed by atoms with Crippen LogP contribution >= 0.6 is 11.8 Å². The molecule has 0 spiro atoms. The van der Waals surface area contributed by atoms with Crippen LogP contribution in [-0.2, 0) is 11.3 Å². The van der Waals surface area contributed by atoms with Crippen molar-refractivity contribution >= 4 is 17.7 Å². The minimum atomic E-state index is -2.95. The number of aromatic nitrogens is 4. The van der Waals surface area contributed by atoms with Crippen LogP contribution in [-0.4, -0.2) is 52.7 Å². The summed E-state index contributed by atoms with van der Waals surface area (Å²) < 4.78 is 41.1. The Balaban J connectivity index is 1.58. The monoisotopic (exact) mass is 451 g/mol. The number of nitrogens with zero attached hydrogens (tertiary/aromatic N) is 4. The van der Waals surface area contributed by atoms with E-state index in [9.17, 15) is 13.6 Å². The maximum atomic E-state index is 12.4. The smallest absolute Gasteiger partial charge is 0.387 e. The van der Waals surface area contributed by atoms with Crippen LogP contribution in [0.25, 0.3) is 5.69 Å². The van der Waals surface area contributed by atoms with Gasteiger partial charge >= 0.3 is 6.61 Å². The highest BCUT2D eigenvalue weighted by Gasteiger charge is 2.15. The van der Waals surface area contributed by atoms with E-state index in [-0.39, 0.29) is 29.7 Å². The van der Waals surface area contributed by atoms with E-state index in [1.54, 1.807) is 25.3 Å². The maximum Gasteiger partial charge on any atom is 0.387 e. The molecule has 164 valence electrons. The van der Waals surface area contributed by atoms with Gasteiger partial charge in [0.25, 0.3) is 0 Å². The maximum absolute atomic E-state index is 12.4.